The Kier molecular flexibility index (Phi) is 3.95. The van der Waals surface area contributed by atoms with Crippen LogP contribution in [0.1, 0.15) is 20.8 Å². The predicted molar refractivity (Wildman–Crippen MR) is 67.3 cm³/mol. The Bertz CT molecular complexity index is 340. The van der Waals surface area contributed by atoms with Gasteiger partial charge in [-0.15, -0.1) is 12.4 Å². The highest BCUT2D eigenvalue weighted by Crippen LogP contribution is 2.42. The number of rotatable bonds is 3. The number of halogens is 1. The van der Waals surface area contributed by atoms with Gasteiger partial charge >= 0.3 is 0 Å². The summed E-state index contributed by atoms with van der Waals surface area (Å²) >= 11 is 0. The van der Waals surface area contributed by atoms with Crippen LogP contribution in [-0.4, -0.2) is 33.3 Å². The SMILES string of the molecule is CC(C)(C)CS(=O)(=O)NC1C2CNCC21.Cl. The summed E-state index contributed by atoms with van der Waals surface area (Å²) in [5.41, 5.74) is -0.173. The van der Waals surface area contributed by atoms with Gasteiger partial charge in [0.2, 0.25) is 10.0 Å². The number of hydrogen-bond donors (Lipinski definition) is 2. The van der Waals surface area contributed by atoms with E-state index in [4.69, 9.17) is 0 Å². The van der Waals surface area contributed by atoms with E-state index in [2.05, 4.69) is 10.0 Å². The lowest BCUT2D eigenvalue weighted by Gasteiger charge is -2.18. The Morgan fingerprint density at radius 1 is 1.25 bits per heavy atom. The molecule has 2 fully saturated rings. The zero-order chi connectivity index (χ0) is 11.3. The van der Waals surface area contributed by atoms with E-state index >= 15 is 0 Å². The molecule has 2 aliphatic rings. The molecule has 0 radical (unpaired) electrons. The maximum Gasteiger partial charge on any atom is 0.212 e. The Morgan fingerprint density at radius 3 is 2.19 bits per heavy atom. The fraction of sp³-hybridized carbons (Fsp3) is 1.00. The summed E-state index contributed by atoms with van der Waals surface area (Å²) in [6.45, 7) is 7.77. The molecule has 1 aliphatic heterocycles. The number of sulfonamides is 1. The topological polar surface area (TPSA) is 58.2 Å². The predicted octanol–water partition coefficient (Wildman–Crippen LogP) is 0.592. The fourth-order valence-corrected chi connectivity index (χ4v) is 4.40. The van der Waals surface area contributed by atoms with Crippen molar-refractivity contribution in [3.63, 3.8) is 0 Å². The average Bonchev–Trinajstić information content (AvgIpc) is 2.50. The lowest BCUT2D eigenvalue weighted by molar-refractivity contribution is 0.456. The first-order chi connectivity index (χ1) is 6.79. The lowest BCUT2D eigenvalue weighted by atomic mass is 10.0. The van der Waals surface area contributed by atoms with Crippen molar-refractivity contribution in [1.29, 1.82) is 0 Å². The van der Waals surface area contributed by atoms with Crippen molar-refractivity contribution < 1.29 is 8.42 Å². The van der Waals surface area contributed by atoms with Crippen molar-refractivity contribution in [3.8, 4) is 0 Å². The second kappa shape index (κ2) is 4.44. The van der Waals surface area contributed by atoms with E-state index in [1.54, 1.807) is 0 Å². The zero-order valence-electron chi connectivity index (χ0n) is 9.99. The molecule has 4 nitrogen and oxygen atoms in total. The summed E-state index contributed by atoms with van der Waals surface area (Å²) in [5, 5.41) is 3.25. The van der Waals surface area contributed by atoms with Crippen LogP contribution in [0.15, 0.2) is 0 Å². The molecule has 0 spiro atoms. The van der Waals surface area contributed by atoms with Gasteiger partial charge in [-0.25, -0.2) is 13.1 Å². The van der Waals surface area contributed by atoms with Crippen molar-refractivity contribution in [2.45, 2.75) is 26.8 Å². The third-order valence-corrected chi connectivity index (χ3v) is 4.91. The number of fused-ring (bicyclic) bond motifs is 1. The number of nitrogens with one attached hydrogen (secondary N) is 2. The molecule has 1 aliphatic carbocycles. The molecule has 2 rings (SSSR count). The standard InChI is InChI=1S/C10H20N2O2S.ClH/c1-10(2,3)6-15(13,14)12-9-7-4-11-5-8(7)9;/h7-9,11-12H,4-6H2,1-3H3;1H. The highest BCUT2D eigenvalue weighted by Gasteiger charge is 2.54. The molecule has 2 atom stereocenters. The molecule has 2 N–H and O–H groups in total. The van der Waals surface area contributed by atoms with Crippen LogP contribution in [0.4, 0.5) is 0 Å². The van der Waals surface area contributed by atoms with Crippen LogP contribution in [0, 0.1) is 17.3 Å². The molecule has 1 heterocycles. The summed E-state index contributed by atoms with van der Waals surface area (Å²) in [4.78, 5) is 0. The Labute approximate surface area is 104 Å². The van der Waals surface area contributed by atoms with Crippen molar-refractivity contribution in [1.82, 2.24) is 10.0 Å². The van der Waals surface area contributed by atoms with E-state index < -0.39 is 10.0 Å². The van der Waals surface area contributed by atoms with Crippen LogP contribution in [-0.2, 0) is 10.0 Å². The molecule has 0 aromatic heterocycles. The first-order valence-corrected chi connectivity index (χ1v) is 7.14. The molecule has 0 aromatic carbocycles. The lowest BCUT2D eigenvalue weighted by Crippen LogP contribution is -2.37. The minimum Gasteiger partial charge on any atom is -0.316 e. The summed E-state index contributed by atoms with van der Waals surface area (Å²) < 4.78 is 26.4. The van der Waals surface area contributed by atoms with E-state index in [-0.39, 0.29) is 29.6 Å². The molecular formula is C10H21ClN2O2S. The number of hydrogen-bond acceptors (Lipinski definition) is 3. The molecule has 96 valence electrons. The van der Waals surface area contributed by atoms with Gasteiger partial charge in [-0.2, -0.15) is 0 Å². The van der Waals surface area contributed by atoms with Crippen LogP contribution in [0.3, 0.4) is 0 Å². The molecule has 0 amide bonds. The van der Waals surface area contributed by atoms with Gasteiger partial charge in [0.25, 0.3) is 0 Å². The van der Waals surface area contributed by atoms with Gasteiger partial charge in [-0.3, -0.25) is 0 Å². The van der Waals surface area contributed by atoms with E-state index in [1.165, 1.54) is 0 Å². The molecule has 16 heavy (non-hydrogen) atoms. The van der Waals surface area contributed by atoms with Crippen molar-refractivity contribution >= 4 is 22.4 Å². The van der Waals surface area contributed by atoms with Crippen molar-refractivity contribution in [3.05, 3.63) is 0 Å². The van der Waals surface area contributed by atoms with Gasteiger partial charge in [0.1, 0.15) is 0 Å². The van der Waals surface area contributed by atoms with Crippen LogP contribution < -0.4 is 10.0 Å². The average molecular weight is 269 g/mol. The maximum atomic E-state index is 11.8. The highest BCUT2D eigenvalue weighted by atomic mass is 35.5. The molecule has 0 aromatic rings. The second-order valence-electron chi connectivity index (χ2n) is 5.95. The van der Waals surface area contributed by atoms with Gasteiger partial charge in [-0.1, -0.05) is 20.8 Å². The van der Waals surface area contributed by atoms with Crippen LogP contribution >= 0.6 is 12.4 Å². The van der Waals surface area contributed by atoms with Gasteiger partial charge in [0, 0.05) is 6.04 Å². The molecule has 1 saturated carbocycles. The van der Waals surface area contributed by atoms with E-state index in [1.807, 2.05) is 20.8 Å². The minimum absolute atomic E-state index is 0. The molecule has 1 saturated heterocycles. The van der Waals surface area contributed by atoms with Crippen molar-refractivity contribution in [2.75, 3.05) is 18.8 Å². The second-order valence-corrected chi connectivity index (χ2v) is 7.70. The summed E-state index contributed by atoms with van der Waals surface area (Å²) in [6, 6.07) is 0.207. The smallest absolute Gasteiger partial charge is 0.212 e. The third-order valence-electron chi connectivity index (χ3n) is 3.03. The maximum absolute atomic E-state index is 11.8. The molecule has 6 heteroatoms. The van der Waals surface area contributed by atoms with Crippen LogP contribution in [0.2, 0.25) is 0 Å². The minimum atomic E-state index is -3.10. The monoisotopic (exact) mass is 268 g/mol. The first kappa shape index (κ1) is 14.2. The Balaban J connectivity index is 0.00000128. The van der Waals surface area contributed by atoms with Gasteiger partial charge in [-0.05, 0) is 30.3 Å². The van der Waals surface area contributed by atoms with E-state index in [0.29, 0.717) is 11.8 Å². The molecule has 2 unspecified atom stereocenters. The van der Waals surface area contributed by atoms with Crippen LogP contribution in [0.25, 0.3) is 0 Å². The Hall–Kier alpha value is 0.160. The number of piperidine rings is 1. The van der Waals surface area contributed by atoms with Gasteiger partial charge in [0.15, 0.2) is 0 Å². The van der Waals surface area contributed by atoms with Gasteiger partial charge < -0.3 is 5.32 Å². The zero-order valence-corrected chi connectivity index (χ0v) is 11.6. The summed E-state index contributed by atoms with van der Waals surface area (Å²) in [6.07, 6.45) is 0. The third kappa shape index (κ3) is 3.32. The van der Waals surface area contributed by atoms with E-state index in [0.717, 1.165) is 13.1 Å². The highest BCUT2D eigenvalue weighted by molar-refractivity contribution is 7.89. The van der Waals surface area contributed by atoms with Gasteiger partial charge in [0.05, 0.1) is 5.75 Å². The largest absolute Gasteiger partial charge is 0.316 e. The fourth-order valence-electron chi connectivity index (χ4n) is 2.41. The normalized spacial score (nSPS) is 33.1. The quantitative estimate of drug-likeness (QED) is 0.788. The summed E-state index contributed by atoms with van der Waals surface area (Å²) in [5.74, 6) is 1.29. The van der Waals surface area contributed by atoms with E-state index in [9.17, 15) is 8.42 Å². The van der Waals surface area contributed by atoms with Crippen LogP contribution in [0.5, 0.6) is 0 Å². The molecule has 0 bridgehead atoms. The van der Waals surface area contributed by atoms with Crippen molar-refractivity contribution in [2.24, 2.45) is 17.3 Å². The first-order valence-electron chi connectivity index (χ1n) is 5.49. The Morgan fingerprint density at radius 2 is 1.75 bits per heavy atom. The summed E-state index contributed by atoms with van der Waals surface area (Å²) in [7, 11) is -3.10. The molecular weight excluding hydrogens is 248 g/mol.